The monoisotopic (exact) mass is 518 g/mol. The topological polar surface area (TPSA) is 110 Å². The minimum atomic E-state index is -1.33. The van der Waals surface area contributed by atoms with Gasteiger partial charge in [0.25, 0.3) is 0 Å². The maximum atomic E-state index is 12.4. The number of fused-ring (bicyclic) bond motifs is 1. The highest BCUT2D eigenvalue weighted by Crippen LogP contribution is 2.44. The molecule has 0 bridgehead atoms. The lowest BCUT2D eigenvalue weighted by Crippen LogP contribution is -2.39. The van der Waals surface area contributed by atoms with Gasteiger partial charge in [-0.15, -0.1) is 11.3 Å². The van der Waals surface area contributed by atoms with Crippen LogP contribution in [-0.4, -0.2) is 49.5 Å². The molecule has 1 aromatic carbocycles. The van der Waals surface area contributed by atoms with Crippen molar-refractivity contribution in [3.05, 3.63) is 75.6 Å². The minimum Gasteiger partial charge on any atom is -0.491 e. The molecule has 192 valence electrons. The van der Waals surface area contributed by atoms with E-state index >= 15 is 0 Å². The minimum absolute atomic E-state index is 0.193. The first-order chi connectivity index (χ1) is 17.9. The van der Waals surface area contributed by atoms with Crippen LogP contribution < -0.4 is 19.5 Å². The molecule has 3 aromatic heterocycles. The molecule has 4 rings (SSSR count). The summed E-state index contributed by atoms with van der Waals surface area (Å²) >= 11 is 1.62. The summed E-state index contributed by atoms with van der Waals surface area (Å²) in [6.07, 6.45) is 2.07. The predicted molar refractivity (Wildman–Crippen MR) is 144 cm³/mol. The van der Waals surface area contributed by atoms with Crippen LogP contribution in [0.3, 0.4) is 0 Å². The number of hydrogen-bond donors (Lipinski definition) is 2. The average Bonchev–Trinajstić information content (AvgIpc) is 3.36. The van der Waals surface area contributed by atoms with Crippen LogP contribution in [0.2, 0.25) is 0 Å². The normalized spacial score (nSPS) is 13.5. The first kappa shape index (κ1) is 26.4. The van der Waals surface area contributed by atoms with Gasteiger partial charge in [0.05, 0.1) is 50.1 Å². The maximum absolute atomic E-state index is 12.4. The van der Waals surface area contributed by atoms with Gasteiger partial charge in [0.15, 0.2) is 0 Å². The van der Waals surface area contributed by atoms with Crippen molar-refractivity contribution in [3.8, 4) is 23.6 Å². The van der Waals surface area contributed by atoms with Crippen molar-refractivity contribution in [3.63, 3.8) is 0 Å². The molecule has 0 aliphatic heterocycles. The first-order valence-corrected chi connectivity index (χ1v) is 12.7. The lowest BCUT2D eigenvalue weighted by atomic mass is 9.78. The number of aliphatic hydroxyl groups is 1. The zero-order valence-electron chi connectivity index (χ0n) is 21.3. The van der Waals surface area contributed by atoms with E-state index in [-0.39, 0.29) is 6.61 Å². The van der Waals surface area contributed by atoms with Crippen molar-refractivity contribution in [2.24, 2.45) is 0 Å². The van der Waals surface area contributed by atoms with Crippen LogP contribution in [-0.2, 0) is 5.60 Å². The standard InChI is InChI=1S/C28H30N4O4S/c1-18-5-8-25(37-18)23(17-36-22-12-20-11-19(15-29)6-7-24(20)31-16-22)28(33,9-10-30-2)21-13-26(34-3)32-27(14-21)35-4/h5-8,11-14,16,23,30,33H,9-10,17H2,1-4H3. The Kier molecular flexibility index (Phi) is 8.24. The van der Waals surface area contributed by atoms with Gasteiger partial charge in [0.1, 0.15) is 11.4 Å². The summed E-state index contributed by atoms with van der Waals surface area (Å²) in [5.74, 6) is 0.844. The number of thiophene rings is 1. The molecule has 0 aliphatic carbocycles. The second kappa shape index (κ2) is 11.6. The van der Waals surface area contributed by atoms with E-state index in [1.807, 2.05) is 38.2 Å². The number of hydrogen-bond acceptors (Lipinski definition) is 9. The Bertz CT molecular complexity index is 1390. The van der Waals surface area contributed by atoms with E-state index in [0.717, 1.165) is 20.7 Å². The maximum Gasteiger partial charge on any atom is 0.216 e. The highest BCUT2D eigenvalue weighted by molar-refractivity contribution is 7.12. The summed E-state index contributed by atoms with van der Waals surface area (Å²) < 4.78 is 17.1. The van der Waals surface area contributed by atoms with Crippen LogP contribution in [0.5, 0.6) is 17.5 Å². The molecule has 0 saturated carbocycles. The lowest BCUT2D eigenvalue weighted by molar-refractivity contribution is -0.0144. The number of nitriles is 1. The number of aryl methyl sites for hydroxylation is 1. The van der Waals surface area contributed by atoms with Crippen LogP contribution >= 0.6 is 11.3 Å². The van der Waals surface area contributed by atoms with Crippen LogP contribution in [0, 0.1) is 18.3 Å². The Morgan fingerprint density at radius 2 is 1.86 bits per heavy atom. The fraction of sp³-hybridized carbons (Fsp3) is 0.321. The van der Waals surface area contributed by atoms with Gasteiger partial charge < -0.3 is 24.6 Å². The smallest absolute Gasteiger partial charge is 0.216 e. The summed E-state index contributed by atoms with van der Waals surface area (Å²) in [5, 5.41) is 25.6. The molecule has 0 amide bonds. The summed E-state index contributed by atoms with van der Waals surface area (Å²) in [6.45, 7) is 2.80. The van der Waals surface area contributed by atoms with Crippen LogP contribution in [0.15, 0.2) is 54.7 Å². The second-order valence-corrected chi connectivity index (χ2v) is 10.0. The van der Waals surface area contributed by atoms with Gasteiger partial charge in [-0.3, -0.25) is 4.98 Å². The van der Waals surface area contributed by atoms with E-state index in [1.54, 1.807) is 41.8 Å². The molecule has 3 heterocycles. The van der Waals surface area contributed by atoms with Gasteiger partial charge in [0.2, 0.25) is 11.8 Å². The van der Waals surface area contributed by atoms with Crippen LogP contribution in [0.4, 0.5) is 0 Å². The van der Waals surface area contributed by atoms with E-state index in [0.29, 0.717) is 41.6 Å². The molecule has 0 fully saturated rings. The molecule has 2 atom stereocenters. The number of aromatic nitrogens is 2. The van der Waals surface area contributed by atoms with Gasteiger partial charge in [-0.25, -0.2) is 0 Å². The molecule has 2 unspecified atom stereocenters. The highest BCUT2D eigenvalue weighted by Gasteiger charge is 2.41. The quantitative estimate of drug-likeness (QED) is 0.298. The summed E-state index contributed by atoms with van der Waals surface area (Å²) in [4.78, 5) is 10.9. The van der Waals surface area contributed by atoms with E-state index in [2.05, 4.69) is 21.4 Å². The Balaban J connectivity index is 1.75. The molecule has 0 radical (unpaired) electrons. The van der Waals surface area contributed by atoms with E-state index in [4.69, 9.17) is 14.2 Å². The summed E-state index contributed by atoms with van der Waals surface area (Å²) in [5.41, 5.74) is 0.627. The van der Waals surface area contributed by atoms with Gasteiger partial charge in [0, 0.05) is 27.3 Å². The second-order valence-electron chi connectivity index (χ2n) is 8.72. The van der Waals surface area contributed by atoms with Crippen LogP contribution in [0.1, 0.15) is 33.2 Å². The Morgan fingerprint density at radius 1 is 1.11 bits per heavy atom. The SMILES string of the molecule is CNCCC(O)(c1cc(OC)nc(OC)c1)C(COc1cnc2ccc(C#N)cc2c1)c1ccc(C)s1. The van der Waals surface area contributed by atoms with Crippen molar-refractivity contribution >= 4 is 22.2 Å². The summed E-state index contributed by atoms with van der Waals surface area (Å²) in [7, 11) is 4.92. The highest BCUT2D eigenvalue weighted by atomic mass is 32.1. The largest absolute Gasteiger partial charge is 0.491 e. The first-order valence-electron chi connectivity index (χ1n) is 11.9. The molecular weight excluding hydrogens is 488 g/mol. The third-order valence-electron chi connectivity index (χ3n) is 6.34. The Morgan fingerprint density at radius 3 is 2.49 bits per heavy atom. The van der Waals surface area contributed by atoms with E-state index in [1.165, 1.54) is 14.2 Å². The zero-order chi connectivity index (χ0) is 26.4. The molecule has 37 heavy (non-hydrogen) atoms. The van der Waals surface area contributed by atoms with Crippen molar-refractivity contribution < 1.29 is 19.3 Å². The fourth-order valence-corrected chi connectivity index (χ4v) is 5.36. The number of pyridine rings is 2. The zero-order valence-corrected chi connectivity index (χ0v) is 22.1. The molecule has 9 heteroatoms. The third-order valence-corrected chi connectivity index (χ3v) is 7.45. The number of benzene rings is 1. The molecular formula is C28H30N4O4S. The molecule has 0 aliphatic rings. The van der Waals surface area contributed by atoms with Crippen LogP contribution in [0.25, 0.3) is 10.9 Å². The van der Waals surface area contributed by atoms with E-state index in [9.17, 15) is 10.4 Å². The number of rotatable bonds is 11. The Hall–Kier alpha value is -3.71. The van der Waals surface area contributed by atoms with Gasteiger partial charge in [-0.2, -0.15) is 10.2 Å². The van der Waals surface area contributed by atoms with E-state index < -0.39 is 11.5 Å². The number of nitrogens with zero attached hydrogens (tertiary/aromatic N) is 3. The van der Waals surface area contributed by atoms with Crippen molar-refractivity contribution in [2.75, 3.05) is 34.4 Å². The van der Waals surface area contributed by atoms with Crippen molar-refractivity contribution in [2.45, 2.75) is 24.9 Å². The van der Waals surface area contributed by atoms with Crippen molar-refractivity contribution in [1.82, 2.24) is 15.3 Å². The fourth-order valence-electron chi connectivity index (χ4n) is 4.31. The number of ether oxygens (including phenoxy) is 3. The number of nitrogens with one attached hydrogen (secondary N) is 1. The third kappa shape index (κ3) is 5.83. The molecule has 0 spiro atoms. The predicted octanol–water partition coefficient (Wildman–Crippen LogP) is 4.55. The number of methoxy groups -OCH3 is 2. The van der Waals surface area contributed by atoms with Gasteiger partial charge >= 0.3 is 0 Å². The molecule has 4 aromatic rings. The molecule has 2 N–H and O–H groups in total. The molecule has 8 nitrogen and oxygen atoms in total. The summed E-state index contributed by atoms with van der Waals surface area (Å²) in [6, 6.07) is 16.9. The van der Waals surface area contributed by atoms with Gasteiger partial charge in [-0.05, 0) is 68.9 Å². The lowest BCUT2D eigenvalue weighted by Gasteiger charge is -2.36. The van der Waals surface area contributed by atoms with Crippen molar-refractivity contribution in [1.29, 1.82) is 5.26 Å². The average molecular weight is 519 g/mol. The van der Waals surface area contributed by atoms with Gasteiger partial charge in [-0.1, -0.05) is 0 Å². The Labute approximate surface area is 220 Å². The molecule has 0 saturated heterocycles.